The van der Waals surface area contributed by atoms with E-state index in [0.29, 0.717) is 22.9 Å². The van der Waals surface area contributed by atoms with Crippen LogP contribution in [-0.2, 0) is 0 Å². The van der Waals surface area contributed by atoms with Crippen LogP contribution in [0.2, 0.25) is 5.02 Å². The van der Waals surface area contributed by atoms with Crippen molar-refractivity contribution >= 4 is 17.4 Å². The number of anilines is 1. The van der Waals surface area contributed by atoms with Gasteiger partial charge >= 0.3 is 6.01 Å². The standard InChI is InChI=1S/C16H25ClN4O/c1-22-16-18-10-14(17)15(20-16)19-13-6-8-21(9-7-13)11-12-4-2-3-5-12/h10,12-13H,2-9,11H2,1H3,(H,18,19,20). The third-order valence-corrected chi connectivity index (χ3v) is 5.10. The Balaban J connectivity index is 1.49. The Morgan fingerprint density at radius 1 is 1.27 bits per heavy atom. The Hall–Kier alpha value is -1.07. The Labute approximate surface area is 137 Å². The van der Waals surface area contributed by atoms with Crippen LogP contribution in [0.25, 0.3) is 0 Å². The van der Waals surface area contributed by atoms with Crippen molar-refractivity contribution in [2.45, 2.75) is 44.6 Å². The first kappa shape index (κ1) is 15.8. The molecular formula is C16H25ClN4O. The molecule has 3 rings (SSSR count). The van der Waals surface area contributed by atoms with E-state index in [1.165, 1.54) is 32.2 Å². The molecule has 0 bridgehead atoms. The summed E-state index contributed by atoms with van der Waals surface area (Å²) in [6, 6.07) is 0.780. The van der Waals surface area contributed by atoms with Crippen molar-refractivity contribution in [1.82, 2.24) is 14.9 Å². The normalized spacial score (nSPS) is 21.2. The van der Waals surface area contributed by atoms with Crippen molar-refractivity contribution in [2.24, 2.45) is 5.92 Å². The smallest absolute Gasteiger partial charge is 0.318 e. The minimum absolute atomic E-state index is 0.352. The maximum atomic E-state index is 6.16. The maximum Gasteiger partial charge on any atom is 0.318 e. The number of methoxy groups -OCH3 is 1. The third-order valence-electron chi connectivity index (χ3n) is 4.82. The lowest BCUT2D eigenvalue weighted by atomic mass is 10.0. The van der Waals surface area contributed by atoms with Crippen molar-refractivity contribution in [2.75, 3.05) is 32.1 Å². The quantitative estimate of drug-likeness (QED) is 0.901. The fourth-order valence-electron chi connectivity index (χ4n) is 3.56. The Morgan fingerprint density at radius 2 is 2.00 bits per heavy atom. The van der Waals surface area contributed by atoms with E-state index in [4.69, 9.17) is 16.3 Å². The summed E-state index contributed by atoms with van der Waals surface area (Å²) in [5.74, 6) is 1.62. The molecular weight excluding hydrogens is 300 g/mol. The van der Waals surface area contributed by atoms with Gasteiger partial charge in [-0.2, -0.15) is 4.98 Å². The van der Waals surface area contributed by atoms with Crippen LogP contribution in [0, 0.1) is 5.92 Å². The molecule has 1 aliphatic heterocycles. The van der Waals surface area contributed by atoms with E-state index in [1.54, 1.807) is 13.3 Å². The first-order valence-electron chi connectivity index (χ1n) is 8.30. The molecule has 2 heterocycles. The van der Waals surface area contributed by atoms with Gasteiger partial charge < -0.3 is 15.0 Å². The molecule has 0 amide bonds. The van der Waals surface area contributed by atoms with Crippen LogP contribution >= 0.6 is 11.6 Å². The molecule has 2 aliphatic rings. The van der Waals surface area contributed by atoms with Crippen LogP contribution in [0.1, 0.15) is 38.5 Å². The molecule has 6 heteroatoms. The van der Waals surface area contributed by atoms with Crippen LogP contribution in [0.5, 0.6) is 6.01 Å². The highest BCUT2D eigenvalue weighted by Crippen LogP contribution is 2.27. The molecule has 1 saturated heterocycles. The molecule has 1 saturated carbocycles. The number of piperidine rings is 1. The number of nitrogens with zero attached hydrogens (tertiary/aromatic N) is 3. The predicted molar refractivity (Wildman–Crippen MR) is 88.6 cm³/mol. The number of nitrogens with one attached hydrogen (secondary N) is 1. The van der Waals surface area contributed by atoms with E-state index >= 15 is 0 Å². The zero-order chi connectivity index (χ0) is 15.4. The molecule has 122 valence electrons. The van der Waals surface area contributed by atoms with E-state index in [0.717, 1.165) is 31.8 Å². The highest BCUT2D eigenvalue weighted by Gasteiger charge is 2.24. The highest BCUT2D eigenvalue weighted by atomic mass is 35.5. The lowest BCUT2D eigenvalue weighted by Gasteiger charge is -2.34. The third kappa shape index (κ3) is 4.02. The van der Waals surface area contributed by atoms with Crippen molar-refractivity contribution in [1.29, 1.82) is 0 Å². The van der Waals surface area contributed by atoms with Crippen molar-refractivity contribution < 1.29 is 4.74 Å². The van der Waals surface area contributed by atoms with E-state index in [9.17, 15) is 0 Å². The Kier molecular flexibility index (Phi) is 5.37. The van der Waals surface area contributed by atoms with E-state index in [1.807, 2.05) is 0 Å². The highest BCUT2D eigenvalue weighted by molar-refractivity contribution is 6.32. The summed E-state index contributed by atoms with van der Waals surface area (Å²) in [4.78, 5) is 10.9. The molecule has 1 aliphatic carbocycles. The molecule has 0 unspecified atom stereocenters. The fourth-order valence-corrected chi connectivity index (χ4v) is 3.71. The summed E-state index contributed by atoms with van der Waals surface area (Å²) in [6.07, 6.45) is 9.56. The summed E-state index contributed by atoms with van der Waals surface area (Å²) in [5, 5.41) is 4.00. The number of hydrogen-bond acceptors (Lipinski definition) is 5. The minimum atomic E-state index is 0.352. The molecule has 0 spiro atoms. The van der Waals surface area contributed by atoms with Gasteiger partial charge in [-0.1, -0.05) is 24.4 Å². The first-order chi connectivity index (χ1) is 10.7. The van der Waals surface area contributed by atoms with E-state index < -0.39 is 0 Å². The maximum absolute atomic E-state index is 6.16. The van der Waals surface area contributed by atoms with Crippen LogP contribution in [0.4, 0.5) is 5.82 Å². The molecule has 0 atom stereocenters. The molecule has 1 aromatic rings. The van der Waals surface area contributed by atoms with Gasteiger partial charge in [0.25, 0.3) is 0 Å². The number of aromatic nitrogens is 2. The predicted octanol–water partition coefficient (Wildman–Crippen LogP) is 3.21. The monoisotopic (exact) mass is 324 g/mol. The molecule has 5 nitrogen and oxygen atoms in total. The van der Waals surface area contributed by atoms with Gasteiger partial charge in [0.15, 0.2) is 5.82 Å². The Bertz CT molecular complexity index is 485. The summed E-state index contributed by atoms with van der Waals surface area (Å²) in [6.45, 7) is 3.61. The molecule has 22 heavy (non-hydrogen) atoms. The Morgan fingerprint density at radius 3 is 2.68 bits per heavy atom. The van der Waals surface area contributed by atoms with E-state index in [-0.39, 0.29) is 0 Å². The lowest BCUT2D eigenvalue weighted by molar-refractivity contribution is 0.189. The average Bonchev–Trinajstić information content (AvgIpc) is 3.04. The topological polar surface area (TPSA) is 50.3 Å². The number of rotatable bonds is 5. The summed E-state index contributed by atoms with van der Waals surface area (Å²) < 4.78 is 5.06. The first-order valence-corrected chi connectivity index (χ1v) is 8.68. The minimum Gasteiger partial charge on any atom is -0.467 e. The second kappa shape index (κ2) is 7.47. The second-order valence-corrected chi connectivity index (χ2v) is 6.83. The van der Waals surface area contributed by atoms with Crippen LogP contribution in [0.15, 0.2) is 6.20 Å². The molecule has 1 aromatic heterocycles. The van der Waals surface area contributed by atoms with Crippen molar-refractivity contribution in [3.8, 4) is 6.01 Å². The van der Waals surface area contributed by atoms with Gasteiger partial charge in [-0.05, 0) is 31.6 Å². The number of hydrogen-bond donors (Lipinski definition) is 1. The van der Waals surface area contributed by atoms with Crippen LogP contribution in [-0.4, -0.2) is 47.7 Å². The molecule has 0 radical (unpaired) electrons. The van der Waals surface area contributed by atoms with Gasteiger partial charge in [-0.3, -0.25) is 0 Å². The molecule has 1 N–H and O–H groups in total. The van der Waals surface area contributed by atoms with Gasteiger partial charge in [0, 0.05) is 25.7 Å². The van der Waals surface area contributed by atoms with Crippen LogP contribution < -0.4 is 10.1 Å². The van der Waals surface area contributed by atoms with Gasteiger partial charge in [0.1, 0.15) is 5.02 Å². The van der Waals surface area contributed by atoms with Crippen molar-refractivity contribution in [3.05, 3.63) is 11.2 Å². The van der Waals surface area contributed by atoms with Gasteiger partial charge in [-0.15, -0.1) is 0 Å². The lowest BCUT2D eigenvalue weighted by Crippen LogP contribution is -2.41. The van der Waals surface area contributed by atoms with Gasteiger partial charge in [-0.25, -0.2) is 4.98 Å². The van der Waals surface area contributed by atoms with Crippen LogP contribution in [0.3, 0.4) is 0 Å². The zero-order valence-corrected chi connectivity index (χ0v) is 14.0. The van der Waals surface area contributed by atoms with Gasteiger partial charge in [0.05, 0.1) is 13.3 Å². The molecule has 2 fully saturated rings. The molecule has 0 aromatic carbocycles. The zero-order valence-electron chi connectivity index (χ0n) is 13.2. The summed E-state index contributed by atoms with van der Waals surface area (Å²) >= 11 is 6.16. The van der Waals surface area contributed by atoms with E-state index in [2.05, 4.69) is 20.2 Å². The largest absolute Gasteiger partial charge is 0.467 e. The summed E-state index contributed by atoms with van der Waals surface area (Å²) in [7, 11) is 1.56. The second-order valence-electron chi connectivity index (χ2n) is 6.42. The fraction of sp³-hybridized carbons (Fsp3) is 0.750. The summed E-state index contributed by atoms with van der Waals surface area (Å²) in [5.41, 5.74) is 0. The number of likely N-dealkylation sites (tertiary alicyclic amines) is 1. The van der Waals surface area contributed by atoms with Gasteiger partial charge in [0.2, 0.25) is 0 Å². The van der Waals surface area contributed by atoms with Crippen molar-refractivity contribution in [3.63, 3.8) is 0 Å². The number of ether oxygens (including phenoxy) is 1. The average molecular weight is 325 g/mol. The number of halogens is 1. The SMILES string of the molecule is COc1ncc(Cl)c(NC2CCN(CC3CCCC3)CC2)n1.